The van der Waals surface area contributed by atoms with Crippen molar-refractivity contribution in [3.63, 3.8) is 0 Å². The molecule has 2 amide bonds. The van der Waals surface area contributed by atoms with Gasteiger partial charge >= 0.3 is 0 Å². The molecule has 1 N–H and O–H groups in total. The van der Waals surface area contributed by atoms with Gasteiger partial charge in [-0.15, -0.1) is 0 Å². The summed E-state index contributed by atoms with van der Waals surface area (Å²) in [4.78, 5) is 28.9. The summed E-state index contributed by atoms with van der Waals surface area (Å²) in [5, 5.41) is 3.71. The zero-order chi connectivity index (χ0) is 31.4. The van der Waals surface area contributed by atoms with Crippen molar-refractivity contribution in [2.45, 2.75) is 64.1 Å². The Kier molecular flexibility index (Phi) is 11.2. The van der Waals surface area contributed by atoms with E-state index in [0.29, 0.717) is 15.6 Å². The summed E-state index contributed by atoms with van der Waals surface area (Å²) in [5.41, 5.74) is 0.839. The molecule has 0 unspecified atom stereocenters. The Morgan fingerprint density at radius 1 is 0.929 bits per heavy atom. The number of halogens is 4. The Morgan fingerprint density at radius 3 is 2.14 bits per heavy atom. The summed E-state index contributed by atoms with van der Waals surface area (Å²) < 4.78 is 28.9. The van der Waals surface area contributed by atoms with E-state index in [4.69, 9.17) is 46.4 Å². The molecule has 1 atom stereocenters. The predicted octanol–water partition coefficient (Wildman–Crippen LogP) is 7.53. The summed E-state index contributed by atoms with van der Waals surface area (Å²) in [6.07, 6.45) is 0.251. The smallest absolute Gasteiger partial charge is 0.264 e. The van der Waals surface area contributed by atoms with E-state index in [1.54, 1.807) is 37.3 Å². The van der Waals surface area contributed by atoms with Crippen molar-refractivity contribution in [2.24, 2.45) is 0 Å². The number of carbonyl (C=O) groups is 2. The fourth-order valence-electron chi connectivity index (χ4n) is 4.24. The van der Waals surface area contributed by atoms with Gasteiger partial charge in [-0.1, -0.05) is 83.2 Å². The first-order chi connectivity index (χ1) is 19.5. The van der Waals surface area contributed by atoms with E-state index >= 15 is 0 Å². The van der Waals surface area contributed by atoms with E-state index in [-0.39, 0.29) is 33.6 Å². The molecule has 0 spiro atoms. The summed E-state index contributed by atoms with van der Waals surface area (Å²) in [5.74, 6) is -1.04. The maximum Gasteiger partial charge on any atom is 0.264 e. The molecule has 0 saturated carbocycles. The van der Waals surface area contributed by atoms with Gasteiger partial charge < -0.3 is 10.2 Å². The van der Waals surface area contributed by atoms with Gasteiger partial charge in [0, 0.05) is 22.1 Å². The Balaban J connectivity index is 2.14. The quantitative estimate of drug-likeness (QED) is 0.241. The lowest BCUT2D eigenvalue weighted by Gasteiger charge is -2.35. The molecule has 226 valence electrons. The van der Waals surface area contributed by atoms with Crippen molar-refractivity contribution in [1.29, 1.82) is 0 Å². The second-order valence-electron chi connectivity index (χ2n) is 10.8. The normalized spacial score (nSPS) is 12.5. The summed E-state index contributed by atoms with van der Waals surface area (Å²) in [6, 6.07) is 14.6. The third kappa shape index (κ3) is 8.32. The van der Waals surface area contributed by atoms with E-state index in [0.717, 1.165) is 9.87 Å². The Bertz CT molecular complexity index is 1560. The number of amides is 2. The molecule has 0 radical (unpaired) electrons. The molecule has 0 aliphatic rings. The number of benzene rings is 3. The summed E-state index contributed by atoms with van der Waals surface area (Å²) in [6.45, 7) is 8.35. The minimum absolute atomic E-state index is 0.0229. The predicted molar refractivity (Wildman–Crippen MR) is 171 cm³/mol. The average Bonchev–Trinajstić information content (AvgIpc) is 2.89. The van der Waals surface area contributed by atoms with Crippen molar-refractivity contribution in [3.05, 3.63) is 91.9 Å². The van der Waals surface area contributed by atoms with Gasteiger partial charge in [0.05, 0.1) is 20.6 Å². The van der Waals surface area contributed by atoms with E-state index in [1.165, 1.54) is 35.2 Å². The second kappa shape index (κ2) is 13.9. The van der Waals surface area contributed by atoms with E-state index in [2.05, 4.69) is 5.32 Å². The monoisotopic (exact) mass is 671 g/mol. The van der Waals surface area contributed by atoms with Crippen LogP contribution in [0.15, 0.2) is 65.6 Å². The van der Waals surface area contributed by atoms with Gasteiger partial charge in [-0.05, 0) is 76.1 Å². The highest BCUT2D eigenvalue weighted by molar-refractivity contribution is 7.92. The van der Waals surface area contributed by atoms with E-state index in [1.807, 2.05) is 27.7 Å². The van der Waals surface area contributed by atoms with Crippen molar-refractivity contribution in [3.8, 4) is 0 Å². The highest BCUT2D eigenvalue weighted by atomic mass is 35.5. The molecular weight excluding hydrogens is 640 g/mol. The molecule has 12 heteroatoms. The molecule has 0 aliphatic heterocycles. The van der Waals surface area contributed by atoms with Gasteiger partial charge in [-0.3, -0.25) is 13.9 Å². The first-order valence-corrected chi connectivity index (χ1v) is 16.1. The molecule has 0 saturated heterocycles. The lowest BCUT2D eigenvalue weighted by molar-refractivity contribution is -0.141. The fraction of sp³-hybridized carbons (Fsp3) is 0.333. The lowest BCUT2D eigenvalue weighted by Crippen LogP contribution is -2.55. The molecule has 7 nitrogen and oxygen atoms in total. The van der Waals surface area contributed by atoms with Crippen LogP contribution in [-0.2, 0) is 26.2 Å². The van der Waals surface area contributed by atoms with Crippen LogP contribution in [0.3, 0.4) is 0 Å². The molecule has 3 aromatic rings. The number of nitrogens with one attached hydrogen (secondary N) is 1. The number of anilines is 1. The van der Waals surface area contributed by atoms with Crippen LogP contribution >= 0.6 is 46.4 Å². The number of carbonyl (C=O) groups excluding carboxylic acids is 2. The SMILES string of the molecule is CC[C@@H](C(=O)NC(C)(C)C)N(Cc1ccc(Cl)cc1Cl)C(=O)CN(c1cccc(Cl)c1Cl)S(=O)(=O)c1ccc(C)cc1. The Labute approximate surface area is 267 Å². The number of nitrogens with zero attached hydrogens (tertiary/aromatic N) is 2. The molecule has 0 aliphatic carbocycles. The fourth-order valence-corrected chi connectivity index (χ4v) is 6.58. The first-order valence-electron chi connectivity index (χ1n) is 13.1. The third-order valence-electron chi connectivity index (χ3n) is 6.33. The molecule has 3 rings (SSSR count). The van der Waals surface area contributed by atoms with Crippen LogP contribution in [0.1, 0.15) is 45.2 Å². The van der Waals surface area contributed by atoms with Crippen LogP contribution in [0.25, 0.3) is 0 Å². The van der Waals surface area contributed by atoms with Crippen molar-refractivity contribution in [2.75, 3.05) is 10.8 Å². The largest absolute Gasteiger partial charge is 0.350 e. The molecular formula is C30H33Cl4N3O4S. The third-order valence-corrected chi connectivity index (χ3v) is 9.50. The number of hydrogen-bond donors (Lipinski definition) is 1. The van der Waals surface area contributed by atoms with E-state index in [9.17, 15) is 18.0 Å². The van der Waals surface area contributed by atoms with E-state index < -0.39 is 40.0 Å². The molecule has 42 heavy (non-hydrogen) atoms. The van der Waals surface area contributed by atoms with Gasteiger partial charge in [0.15, 0.2) is 0 Å². The average molecular weight is 673 g/mol. The van der Waals surface area contributed by atoms with Crippen molar-refractivity contribution < 1.29 is 18.0 Å². The molecule has 3 aromatic carbocycles. The minimum Gasteiger partial charge on any atom is -0.350 e. The highest BCUT2D eigenvalue weighted by Crippen LogP contribution is 2.36. The van der Waals surface area contributed by atoms with Gasteiger partial charge in [0.1, 0.15) is 12.6 Å². The zero-order valence-electron chi connectivity index (χ0n) is 23.9. The zero-order valence-corrected chi connectivity index (χ0v) is 27.8. The maximum atomic E-state index is 14.2. The molecule has 0 heterocycles. The number of sulfonamides is 1. The highest BCUT2D eigenvalue weighted by Gasteiger charge is 2.35. The van der Waals surface area contributed by atoms with Crippen LogP contribution in [0, 0.1) is 6.92 Å². The van der Waals surface area contributed by atoms with Crippen LogP contribution in [-0.4, -0.2) is 43.3 Å². The number of hydrogen-bond acceptors (Lipinski definition) is 4. The maximum absolute atomic E-state index is 14.2. The lowest BCUT2D eigenvalue weighted by atomic mass is 10.1. The van der Waals surface area contributed by atoms with Crippen LogP contribution in [0.5, 0.6) is 0 Å². The van der Waals surface area contributed by atoms with Crippen LogP contribution in [0.2, 0.25) is 20.1 Å². The Morgan fingerprint density at radius 2 is 1.57 bits per heavy atom. The number of aryl methyl sites for hydroxylation is 1. The Hall–Kier alpha value is -2.49. The summed E-state index contributed by atoms with van der Waals surface area (Å²) >= 11 is 25.3. The van der Waals surface area contributed by atoms with Crippen molar-refractivity contribution >= 4 is 73.9 Å². The topological polar surface area (TPSA) is 86.8 Å². The molecule has 0 fully saturated rings. The molecule has 0 aromatic heterocycles. The standard InChI is InChI=1S/C30H33Cl4N3O4S/c1-6-25(29(39)35-30(3,4)5)36(17-20-12-13-21(31)16-24(20)33)27(38)18-37(26-9-7-8-23(32)28(26)34)42(40,41)22-14-10-19(2)11-15-22/h7-16,25H,6,17-18H2,1-5H3,(H,35,39)/t25-/m0/s1. The van der Waals surface area contributed by atoms with Gasteiger partial charge in [0.25, 0.3) is 10.0 Å². The van der Waals surface area contributed by atoms with Gasteiger partial charge in [-0.2, -0.15) is 0 Å². The van der Waals surface area contributed by atoms with Gasteiger partial charge in [-0.25, -0.2) is 8.42 Å². The van der Waals surface area contributed by atoms with Crippen LogP contribution < -0.4 is 9.62 Å². The van der Waals surface area contributed by atoms with Crippen molar-refractivity contribution in [1.82, 2.24) is 10.2 Å². The number of rotatable bonds is 10. The van der Waals surface area contributed by atoms with Crippen LogP contribution in [0.4, 0.5) is 5.69 Å². The second-order valence-corrected chi connectivity index (χ2v) is 14.3. The minimum atomic E-state index is -4.31. The first kappa shape index (κ1) is 34.0. The molecule has 0 bridgehead atoms. The summed E-state index contributed by atoms with van der Waals surface area (Å²) in [7, 11) is -4.31. The van der Waals surface area contributed by atoms with Gasteiger partial charge in [0.2, 0.25) is 11.8 Å².